The molecule has 0 amide bonds. The third-order valence-electron chi connectivity index (χ3n) is 5.25. The Morgan fingerprint density at radius 1 is 1.00 bits per heavy atom. The van der Waals surface area contributed by atoms with Crippen molar-refractivity contribution in [1.29, 1.82) is 5.26 Å². The van der Waals surface area contributed by atoms with Gasteiger partial charge in [0.1, 0.15) is 17.4 Å². The molecule has 1 aliphatic heterocycles. The van der Waals surface area contributed by atoms with E-state index in [0.29, 0.717) is 27.9 Å². The second-order valence-electron chi connectivity index (χ2n) is 7.24. The Labute approximate surface area is 181 Å². The van der Waals surface area contributed by atoms with E-state index in [-0.39, 0.29) is 0 Å². The molecule has 0 spiro atoms. The number of anilines is 1. The molecule has 1 aromatic heterocycles. The number of hydrogen-bond acceptors (Lipinski definition) is 6. The molecule has 1 saturated heterocycles. The molecule has 4 rings (SSSR count). The van der Waals surface area contributed by atoms with Gasteiger partial charge in [-0.15, -0.1) is 0 Å². The highest BCUT2D eigenvalue weighted by molar-refractivity contribution is 6.30. The third kappa shape index (κ3) is 4.09. The lowest BCUT2D eigenvalue weighted by Crippen LogP contribution is -2.45. The van der Waals surface area contributed by atoms with Crippen molar-refractivity contribution >= 4 is 17.4 Å². The van der Waals surface area contributed by atoms with E-state index in [1.165, 1.54) is 0 Å². The van der Waals surface area contributed by atoms with Gasteiger partial charge >= 0.3 is 0 Å². The van der Waals surface area contributed by atoms with E-state index in [9.17, 15) is 5.26 Å². The Morgan fingerprint density at radius 3 is 2.37 bits per heavy atom. The van der Waals surface area contributed by atoms with Crippen LogP contribution in [0.5, 0.6) is 5.75 Å². The average molecular weight is 420 g/mol. The van der Waals surface area contributed by atoms with E-state index in [2.05, 4.69) is 22.9 Å². The predicted molar refractivity (Wildman–Crippen MR) is 119 cm³/mol. The van der Waals surface area contributed by atoms with Crippen LogP contribution in [0, 0.1) is 11.3 Å². The first-order valence-electron chi connectivity index (χ1n) is 9.75. The Kier molecular flexibility index (Phi) is 5.84. The molecule has 0 unspecified atom stereocenters. The van der Waals surface area contributed by atoms with Crippen LogP contribution in [0.1, 0.15) is 5.56 Å². The topological polar surface area (TPSA) is 65.3 Å². The van der Waals surface area contributed by atoms with E-state index < -0.39 is 0 Å². The molecule has 0 atom stereocenters. The van der Waals surface area contributed by atoms with Crippen LogP contribution >= 0.6 is 11.6 Å². The summed E-state index contributed by atoms with van der Waals surface area (Å²) in [5.41, 5.74) is 2.75. The smallest absolute Gasteiger partial charge is 0.162 e. The summed E-state index contributed by atoms with van der Waals surface area (Å²) in [7, 11) is 3.73. The highest BCUT2D eigenvalue weighted by atomic mass is 35.5. The lowest BCUT2D eigenvalue weighted by atomic mass is 10.1. The number of aromatic nitrogens is 2. The molecular weight excluding hydrogens is 398 g/mol. The lowest BCUT2D eigenvalue weighted by molar-refractivity contribution is 0.312. The maximum absolute atomic E-state index is 10.0. The summed E-state index contributed by atoms with van der Waals surface area (Å²) < 4.78 is 5.27. The molecule has 2 aromatic carbocycles. The SMILES string of the molecule is COc1ccc(-c2nc(-c3cccc(Cl)c3)nc(N3CCN(C)CC3)c2C#N)cc1. The van der Waals surface area contributed by atoms with Crippen molar-refractivity contribution < 1.29 is 4.74 Å². The Balaban J connectivity index is 1.89. The highest BCUT2D eigenvalue weighted by Crippen LogP contribution is 2.33. The first-order chi connectivity index (χ1) is 14.6. The largest absolute Gasteiger partial charge is 0.497 e. The molecular formula is C23H22ClN5O. The maximum atomic E-state index is 10.0. The van der Waals surface area contributed by atoms with Crippen molar-refractivity contribution in [2.45, 2.75) is 0 Å². The summed E-state index contributed by atoms with van der Waals surface area (Å²) in [6.07, 6.45) is 0. The number of nitrogens with zero attached hydrogens (tertiary/aromatic N) is 5. The minimum Gasteiger partial charge on any atom is -0.497 e. The fraction of sp³-hybridized carbons (Fsp3) is 0.261. The van der Waals surface area contributed by atoms with Crippen LogP contribution in [0.15, 0.2) is 48.5 Å². The summed E-state index contributed by atoms with van der Waals surface area (Å²) >= 11 is 6.21. The average Bonchev–Trinajstić information content (AvgIpc) is 2.79. The zero-order valence-electron chi connectivity index (χ0n) is 17.0. The molecule has 152 valence electrons. The molecule has 0 N–H and O–H groups in total. The number of likely N-dealkylation sites (N-methyl/N-ethyl adjacent to an activating group) is 1. The number of benzene rings is 2. The van der Waals surface area contributed by atoms with Gasteiger partial charge < -0.3 is 14.5 Å². The third-order valence-corrected chi connectivity index (χ3v) is 5.49. The maximum Gasteiger partial charge on any atom is 0.162 e. The zero-order valence-corrected chi connectivity index (χ0v) is 17.7. The molecule has 6 nitrogen and oxygen atoms in total. The van der Waals surface area contributed by atoms with Crippen molar-refractivity contribution in [2.75, 3.05) is 45.2 Å². The van der Waals surface area contributed by atoms with Gasteiger partial charge in [-0.1, -0.05) is 23.7 Å². The summed E-state index contributed by atoms with van der Waals surface area (Å²) in [6, 6.07) is 17.4. The van der Waals surface area contributed by atoms with Crippen LogP contribution in [-0.2, 0) is 0 Å². The molecule has 1 fully saturated rings. The van der Waals surface area contributed by atoms with Gasteiger partial charge in [0.2, 0.25) is 0 Å². The van der Waals surface area contributed by atoms with Gasteiger partial charge in [-0.25, -0.2) is 9.97 Å². The summed E-state index contributed by atoms with van der Waals surface area (Å²) in [5.74, 6) is 1.97. The lowest BCUT2D eigenvalue weighted by Gasteiger charge is -2.34. The van der Waals surface area contributed by atoms with Crippen molar-refractivity contribution in [3.63, 3.8) is 0 Å². The van der Waals surface area contributed by atoms with Crippen molar-refractivity contribution in [1.82, 2.24) is 14.9 Å². The second-order valence-corrected chi connectivity index (χ2v) is 7.67. The van der Waals surface area contributed by atoms with Crippen LogP contribution in [0.4, 0.5) is 5.82 Å². The number of nitriles is 1. The standard InChI is InChI=1S/C23H22ClN5O/c1-28-10-12-29(13-11-28)23-20(15-25)21(16-6-8-19(30-2)9-7-16)26-22(27-23)17-4-3-5-18(24)14-17/h3-9,14H,10-13H2,1-2H3. The number of piperazine rings is 1. The number of methoxy groups -OCH3 is 1. The van der Waals surface area contributed by atoms with Crippen LogP contribution in [0.25, 0.3) is 22.6 Å². The number of ether oxygens (including phenoxy) is 1. The Morgan fingerprint density at radius 2 is 1.73 bits per heavy atom. The molecule has 30 heavy (non-hydrogen) atoms. The monoisotopic (exact) mass is 419 g/mol. The van der Waals surface area contributed by atoms with Gasteiger partial charge in [0, 0.05) is 42.3 Å². The van der Waals surface area contributed by atoms with Gasteiger partial charge in [0.25, 0.3) is 0 Å². The Bertz CT molecular complexity index is 1090. The molecule has 1 aliphatic rings. The quantitative estimate of drug-likeness (QED) is 0.634. The summed E-state index contributed by atoms with van der Waals surface area (Å²) in [4.78, 5) is 14.0. The number of halogens is 1. The molecule has 0 bridgehead atoms. The van der Waals surface area contributed by atoms with Gasteiger partial charge in [-0.05, 0) is 43.4 Å². The molecule has 3 aromatic rings. The first-order valence-corrected chi connectivity index (χ1v) is 10.1. The normalized spacial score (nSPS) is 14.4. The van der Waals surface area contributed by atoms with Crippen LogP contribution < -0.4 is 9.64 Å². The van der Waals surface area contributed by atoms with Crippen molar-refractivity contribution in [2.24, 2.45) is 0 Å². The van der Waals surface area contributed by atoms with E-state index in [4.69, 9.17) is 26.3 Å². The van der Waals surface area contributed by atoms with Gasteiger partial charge in [0.15, 0.2) is 11.6 Å². The zero-order chi connectivity index (χ0) is 21.1. The van der Waals surface area contributed by atoms with Crippen molar-refractivity contribution in [3.05, 3.63) is 59.1 Å². The van der Waals surface area contributed by atoms with Crippen molar-refractivity contribution in [3.8, 4) is 34.5 Å². The van der Waals surface area contributed by atoms with E-state index in [1.807, 2.05) is 48.5 Å². The molecule has 7 heteroatoms. The number of hydrogen-bond donors (Lipinski definition) is 0. The second kappa shape index (κ2) is 8.70. The fourth-order valence-electron chi connectivity index (χ4n) is 3.51. The molecule has 0 saturated carbocycles. The van der Waals surface area contributed by atoms with E-state index in [1.54, 1.807) is 7.11 Å². The predicted octanol–water partition coefficient (Wildman–Crippen LogP) is 4.10. The van der Waals surface area contributed by atoms with Gasteiger partial charge in [-0.2, -0.15) is 5.26 Å². The minimum absolute atomic E-state index is 0.482. The van der Waals surface area contributed by atoms with Crippen LogP contribution in [0.2, 0.25) is 5.02 Å². The number of rotatable bonds is 4. The van der Waals surface area contributed by atoms with E-state index in [0.717, 1.165) is 43.1 Å². The summed E-state index contributed by atoms with van der Waals surface area (Å²) in [5, 5.41) is 10.7. The molecule has 0 aliphatic carbocycles. The van der Waals surface area contributed by atoms with Crippen LogP contribution in [-0.4, -0.2) is 55.2 Å². The highest BCUT2D eigenvalue weighted by Gasteiger charge is 2.24. The van der Waals surface area contributed by atoms with E-state index >= 15 is 0 Å². The minimum atomic E-state index is 0.482. The summed E-state index contributed by atoms with van der Waals surface area (Å²) in [6.45, 7) is 3.44. The van der Waals surface area contributed by atoms with Crippen LogP contribution in [0.3, 0.4) is 0 Å². The fourth-order valence-corrected chi connectivity index (χ4v) is 3.70. The molecule has 0 radical (unpaired) electrons. The van der Waals surface area contributed by atoms with Gasteiger partial charge in [0.05, 0.1) is 12.8 Å². The van der Waals surface area contributed by atoms with Gasteiger partial charge in [-0.3, -0.25) is 0 Å². The first kappa shape index (κ1) is 20.1. The molecule has 2 heterocycles. The Hall–Kier alpha value is -3.14.